The van der Waals surface area contributed by atoms with Crippen molar-refractivity contribution in [2.75, 3.05) is 13.2 Å². The fourth-order valence-electron chi connectivity index (χ4n) is 3.48. The predicted molar refractivity (Wildman–Crippen MR) is 107 cm³/mol. The molecule has 1 unspecified atom stereocenters. The monoisotopic (exact) mass is 379 g/mol. The van der Waals surface area contributed by atoms with E-state index in [-0.39, 0.29) is 11.9 Å². The van der Waals surface area contributed by atoms with Gasteiger partial charge in [-0.3, -0.25) is 4.79 Å². The molecule has 0 spiro atoms. The van der Waals surface area contributed by atoms with Crippen molar-refractivity contribution in [2.45, 2.75) is 83.6 Å². The summed E-state index contributed by atoms with van der Waals surface area (Å²) in [6, 6.07) is 3.28. The molecule has 2 heterocycles. The van der Waals surface area contributed by atoms with Crippen LogP contribution in [0.1, 0.15) is 87.2 Å². The van der Waals surface area contributed by atoms with Gasteiger partial charge in [0.15, 0.2) is 0 Å². The summed E-state index contributed by atoms with van der Waals surface area (Å²) in [5.74, 6) is -0.269. The Balaban J connectivity index is 1.58. The smallest absolute Gasteiger partial charge is 0.328 e. The van der Waals surface area contributed by atoms with Gasteiger partial charge in [-0.25, -0.2) is 4.79 Å². The predicted octanol–water partition coefficient (Wildman–Crippen LogP) is 5.43. The highest BCUT2D eigenvalue weighted by atomic mass is 32.1. The van der Waals surface area contributed by atoms with Crippen molar-refractivity contribution in [3.63, 3.8) is 0 Å². The van der Waals surface area contributed by atoms with Crippen LogP contribution in [0.5, 0.6) is 0 Å². The van der Waals surface area contributed by atoms with Crippen LogP contribution in [0.25, 0.3) is 0 Å². The Morgan fingerprint density at radius 2 is 1.81 bits per heavy atom. The molecule has 0 bridgehead atoms. The molecule has 1 aliphatic heterocycles. The Kier molecular flexibility index (Phi) is 9.75. The first-order valence-electron chi connectivity index (χ1n) is 10.2. The molecule has 1 saturated heterocycles. The molecule has 0 saturated carbocycles. The summed E-state index contributed by atoms with van der Waals surface area (Å²) >= 11 is 1.42. The van der Waals surface area contributed by atoms with Crippen molar-refractivity contribution in [3.05, 3.63) is 22.4 Å². The number of esters is 1. The van der Waals surface area contributed by atoms with E-state index in [0.717, 1.165) is 19.3 Å². The van der Waals surface area contributed by atoms with E-state index in [1.807, 2.05) is 17.5 Å². The molecule has 1 aromatic rings. The second kappa shape index (κ2) is 12.1. The molecular formula is C21H33NO3S. The second-order valence-corrected chi connectivity index (χ2v) is 8.08. The topological polar surface area (TPSA) is 46.6 Å². The normalized spacial score (nSPS) is 16.8. The minimum atomic E-state index is -0.400. The zero-order valence-electron chi connectivity index (χ0n) is 16.1. The van der Waals surface area contributed by atoms with E-state index in [2.05, 4.69) is 6.92 Å². The minimum absolute atomic E-state index is 0.0393. The number of likely N-dealkylation sites (tertiary alicyclic amines) is 1. The lowest BCUT2D eigenvalue weighted by molar-refractivity contribution is -0.148. The number of hydrogen-bond acceptors (Lipinski definition) is 4. The standard InChI is InChI=1S/C21H33NO3S/c1-2-3-4-5-6-7-8-9-10-16-25-21(24)18-13-11-15-22(18)20(23)19-14-12-17-26-19/h12,14,17-18H,2-11,13,15-16H2,1H3. The Morgan fingerprint density at radius 1 is 1.12 bits per heavy atom. The van der Waals surface area contributed by atoms with Crippen LogP contribution in [0.15, 0.2) is 17.5 Å². The summed E-state index contributed by atoms with van der Waals surface area (Å²) in [4.78, 5) is 27.2. The summed E-state index contributed by atoms with van der Waals surface area (Å²) in [6.07, 6.45) is 12.8. The lowest BCUT2D eigenvalue weighted by Crippen LogP contribution is -2.41. The van der Waals surface area contributed by atoms with E-state index < -0.39 is 6.04 Å². The number of ether oxygens (including phenoxy) is 1. The quantitative estimate of drug-likeness (QED) is 0.359. The van der Waals surface area contributed by atoms with Crippen LogP contribution in [0.4, 0.5) is 0 Å². The molecular weight excluding hydrogens is 346 g/mol. The number of carbonyl (C=O) groups is 2. The van der Waals surface area contributed by atoms with Crippen molar-refractivity contribution >= 4 is 23.2 Å². The number of nitrogens with zero attached hydrogens (tertiary/aromatic N) is 1. The van der Waals surface area contributed by atoms with Gasteiger partial charge in [0.25, 0.3) is 5.91 Å². The van der Waals surface area contributed by atoms with Crippen LogP contribution in [-0.2, 0) is 9.53 Å². The van der Waals surface area contributed by atoms with Crippen molar-refractivity contribution in [3.8, 4) is 0 Å². The fourth-order valence-corrected chi connectivity index (χ4v) is 4.16. The third-order valence-electron chi connectivity index (χ3n) is 5.01. The maximum absolute atomic E-state index is 12.5. The lowest BCUT2D eigenvalue weighted by Gasteiger charge is -2.22. The van der Waals surface area contributed by atoms with Crippen LogP contribution in [-0.4, -0.2) is 36.0 Å². The molecule has 0 aromatic carbocycles. The third kappa shape index (κ3) is 6.75. The maximum Gasteiger partial charge on any atom is 0.328 e. The van der Waals surface area contributed by atoms with Gasteiger partial charge in [0.1, 0.15) is 6.04 Å². The number of unbranched alkanes of at least 4 members (excludes halogenated alkanes) is 8. The van der Waals surface area contributed by atoms with Crippen molar-refractivity contribution in [1.29, 1.82) is 0 Å². The highest BCUT2D eigenvalue weighted by molar-refractivity contribution is 7.12. The lowest BCUT2D eigenvalue weighted by atomic mass is 10.1. The largest absolute Gasteiger partial charge is 0.464 e. The molecule has 0 aliphatic carbocycles. The van der Waals surface area contributed by atoms with E-state index in [0.29, 0.717) is 24.4 Å². The zero-order valence-corrected chi connectivity index (χ0v) is 16.9. The molecule has 1 aliphatic rings. The molecule has 4 nitrogen and oxygen atoms in total. The van der Waals surface area contributed by atoms with Crippen LogP contribution >= 0.6 is 11.3 Å². The molecule has 1 aromatic heterocycles. The van der Waals surface area contributed by atoms with Crippen LogP contribution in [0, 0.1) is 0 Å². The van der Waals surface area contributed by atoms with Crippen LogP contribution < -0.4 is 0 Å². The summed E-state index contributed by atoms with van der Waals surface area (Å²) in [5, 5.41) is 1.89. The molecule has 2 rings (SSSR count). The molecule has 1 fully saturated rings. The van der Waals surface area contributed by atoms with Gasteiger partial charge in [-0.15, -0.1) is 11.3 Å². The number of hydrogen-bond donors (Lipinski definition) is 0. The minimum Gasteiger partial charge on any atom is -0.464 e. The van der Waals surface area contributed by atoms with Crippen LogP contribution in [0.3, 0.4) is 0 Å². The highest BCUT2D eigenvalue weighted by Crippen LogP contribution is 2.23. The van der Waals surface area contributed by atoms with Gasteiger partial charge in [-0.1, -0.05) is 64.4 Å². The Labute approximate surface area is 161 Å². The Bertz CT molecular complexity index is 529. The van der Waals surface area contributed by atoms with Gasteiger partial charge < -0.3 is 9.64 Å². The van der Waals surface area contributed by atoms with E-state index in [4.69, 9.17) is 4.74 Å². The third-order valence-corrected chi connectivity index (χ3v) is 5.87. The molecule has 146 valence electrons. The summed E-state index contributed by atoms with van der Waals surface area (Å²) in [6.45, 7) is 3.37. The number of amides is 1. The zero-order chi connectivity index (χ0) is 18.6. The van der Waals surface area contributed by atoms with Crippen molar-refractivity contribution in [1.82, 2.24) is 4.90 Å². The van der Waals surface area contributed by atoms with Gasteiger partial charge in [-0.2, -0.15) is 0 Å². The number of carbonyl (C=O) groups excluding carboxylic acids is 2. The SMILES string of the molecule is CCCCCCCCCCCOC(=O)C1CCCN1C(=O)c1cccs1. The maximum atomic E-state index is 12.5. The van der Waals surface area contributed by atoms with Gasteiger partial charge in [0.05, 0.1) is 11.5 Å². The number of thiophene rings is 1. The highest BCUT2D eigenvalue weighted by Gasteiger charge is 2.35. The van der Waals surface area contributed by atoms with Gasteiger partial charge in [-0.05, 0) is 30.7 Å². The Morgan fingerprint density at radius 3 is 2.46 bits per heavy atom. The molecule has 1 atom stereocenters. The molecule has 0 radical (unpaired) electrons. The summed E-state index contributed by atoms with van der Waals surface area (Å²) < 4.78 is 5.45. The van der Waals surface area contributed by atoms with E-state index >= 15 is 0 Å². The first-order chi connectivity index (χ1) is 12.7. The van der Waals surface area contributed by atoms with Gasteiger partial charge in [0, 0.05) is 6.54 Å². The van der Waals surface area contributed by atoms with E-state index in [1.165, 1.54) is 56.3 Å². The van der Waals surface area contributed by atoms with Gasteiger partial charge >= 0.3 is 5.97 Å². The average Bonchev–Trinajstić information content (AvgIpc) is 3.34. The molecule has 5 heteroatoms. The number of rotatable bonds is 12. The van der Waals surface area contributed by atoms with Crippen molar-refractivity contribution in [2.24, 2.45) is 0 Å². The summed E-state index contributed by atoms with van der Waals surface area (Å²) in [7, 11) is 0. The first kappa shape index (κ1) is 20.9. The van der Waals surface area contributed by atoms with Crippen LogP contribution in [0.2, 0.25) is 0 Å². The summed E-state index contributed by atoms with van der Waals surface area (Å²) in [5.41, 5.74) is 0. The van der Waals surface area contributed by atoms with Gasteiger partial charge in [0.2, 0.25) is 0 Å². The molecule has 26 heavy (non-hydrogen) atoms. The molecule has 1 amide bonds. The van der Waals surface area contributed by atoms with E-state index in [1.54, 1.807) is 4.90 Å². The van der Waals surface area contributed by atoms with Crippen molar-refractivity contribution < 1.29 is 14.3 Å². The average molecular weight is 380 g/mol. The van der Waals surface area contributed by atoms with E-state index in [9.17, 15) is 9.59 Å². The fraction of sp³-hybridized carbons (Fsp3) is 0.714. The first-order valence-corrected chi connectivity index (χ1v) is 11.1. The second-order valence-electron chi connectivity index (χ2n) is 7.13. The Hall–Kier alpha value is -1.36. The molecule has 0 N–H and O–H groups in total.